The fraction of sp³-hybridized carbons (Fsp3) is 0.286. The van der Waals surface area contributed by atoms with E-state index in [9.17, 15) is 0 Å². The van der Waals surface area contributed by atoms with Gasteiger partial charge in [-0.3, -0.25) is 0 Å². The summed E-state index contributed by atoms with van der Waals surface area (Å²) in [4.78, 5) is 4.17. The Kier molecular flexibility index (Phi) is 1.49. The average molecular weight is 214 g/mol. The van der Waals surface area contributed by atoms with E-state index < -0.39 is 0 Å². The molecule has 0 saturated carbocycles. The molecule has 0 saturated heterocycles. The Morgan fingerprint density at radius 1 is 1.64 bits per heavy atom. The summed E-state index contributed by atoms with van der Waals surface area (Å²) in [7, 11) is 0. The molecule has 0 aromatic carbocycles. The predicted octanol–water partition coefficient (Wildman–Crippen LogP) is 1.39. The van der Waals surface area contributed by atoms with Crippen LogP contribution in [-0.4, -0.2) is 11.5 Å². The van der Waals surface area contributed by atoms with Crippen LogP contribution in [0.4, 0.5) is 11.6 Å². The maximum Gasteiger partial charge on any atom is 0.140 e. The van der Waals surface area contributed by atoms with E-state index in [0.29, 0.717) is 5.82 Å². The SMILES string of the molecule is Nc1nc2c(cc1Br)CCN2. The lowest BCUT2D eigenvalue weighted by atomic mass is 10.2. The van der Waals surface area contributed by atoms with Gasteiger partial charge in [-0.1, -0.05) is 0 Å². The van der Waals surface area contributed by atoms with Crippen LogP contribution in [0.1, 0.15) is 5.56 Å². The Morgan fingerprint density at radius 2 is 2.45 bits per heavy atom. The molecular formula is C7H8BrN3. The molecule has 0 spiro atoms. The van der Waals surface area contributed by atoms with E-state index in [4.69, 9.17) is 5.73 Å². The summed E-state index contributed by atoms with van der Waals surface area (Å²) in [5.74, 6) is 1.49. The molecule has 1 aliphatic heterocycles. The smallest absolute Gasteiger partial charge is 0.140 e. The maximum atomic E-state index is 5.59. The number of nitrogens with zero attached hydrogens (tertiary/aromatic N) is 1. The lowest BCUT2D eigenvalue weighted by molar-refractivity contribution is 1.10. The van der Waals surface area contributed by atoms with E-state index >= 15 is 0 Å². The summed E-state index contributed by atoms with van der Waals surface area (Å²) in [6, 6.07) is 2.03. The van der Waals surface area contributed by atoms with Crippen LogP contribution in [-0.2, 0) is 6.42 Å². The molecule has 0 unspecified atom stereocenters. The fourth-order valence-electron chi connectivity index (χ4n) is 1.20. The highest BCUT2D eigenvalue weighted by molar-refractivity contribution is 9.10. The molecular weight excluding hydrogens is 206 g/mol. The third-order valence-electron chi connectivity index (χ3n) is 1.77. The van der Waals surface area contributed by atoms with Gasteiger partial charge in [0.2, 0.25) is 0 Å². The summed E-state index contributed by atoms with van der Waals surface area (Å²) in [5, 5.41) is 3.16. The molecule has 0 atom stereocenters. The summed E-state index contributed by atoms with van der Waals surface area (Å²) < 4.78 is 0.889. The monoisotopic (exact) mass is 213 g/mol. The van der Waals surface area contributed by atoms with Crippen molar-refractivity contribution in [1.82, 2.24) is 4.98 Å². The summed E-state index contributed by atoms with van der Waals surface area (Å²) in [6.07, 6.45) is 1.04. The highest BCUT2D eigenvalue weighted by Gasteiger charge is 2.12. The van der Waals surface area contributed by atoms with Crippen molar-refractivity contribution in [3.05, 3.63) is 16.1 Å². The number of hydrogen-bond donors (Lipinski definition) is 2. The van der Waals surface area contributed by atoms with Crippen LogP contribution < -0.4 is 11.1 Å². The van der Waals surface area contributed by atoms with Crippen molar-refractivity contribution in [3.63, 3.8) is 0 Å². The highest BCUT2D eigenvalue weighted by atomic mass is 79.9. The van der Waals surface area contributed by atoms with Gasteiger partial charge in [0.05, 0.1) is 4.47 Å². The molecule has 4 heteroatoms. The van der Waals surface area contributed by atoms with Crippen LogP contribution >= 0.6 is 15.9 Å². The number of nitrogen functional groups attached to an aromatic ring is 1. The van der Waals surface area contributed by atoms with E-state index in [-0.39, 0.29) is 0 Å². The zero-order valence-corrected chi connectivity index (χ0v) is 7.48. The minimum absolute atomic E-state index is 0.554. The number of fused-ring (bicyclic) bond motifs is 1. The Hall–Kier alpha value is -0.770. The molecule has 2 heterocycles. The van der Waals surface area contributed by atoms with Crippen LogP contribution in [0.3, 0.4) is 0 Å². The van der Waals surface area contributed by atoms with Crippen molar-refractivity contribution < 1.29 is 0 Å². The number of rotatable bonds is 0. The molecule has 3 N–H and O–H groups in total. The zero-order chi connectivity index (χ0) is 7.84. The molecule has 0 bridgehead atoms. The van der Waals surface area contributed by atoms with Crippen LogP contribution in [0.25, 0.3) is 0 Å². The van der Waals surface area contributed by atoms with Crippen molar-refractivity contribution in [2.45, 2.75) is 6.42 Å². The first-order valence-electron chi connectivity index (χ1n) is 3.46. The van der Waals surface area contributed by atoms with Crippen LogP contribution in [0.5, 0.6) is 0 Å². The summed E-state index contributed by atoms with van der Waals surface area (Å²) in [6.45, 7) is 0.970. The second-order valence-corrected chi connectivity index (χ2v) is 3.39. The number of halogens is 1. The molecule has 0 fully saturated rings. The molecule has 11 heavy (non-hydrogen) atoms. The highest BCUT2D eigenvalue weighted by Crippen LogP contribution is 2.26. The molecule has 1 aliphatic rings. The van der Waals surface area contributed by atoms with Gasteiger partial charge in [-0.05, 0) is 34.0 Å². The van der Waals surface area contributed by atoms with Gasteiger partial charge in [0.25, 0.3) is 0 Å². The van der Waals surface area contributed by atoms with Crippen LogP contribution in [0.2, 0.25) is 0 Å². The minimum Gasteiger partial charge on any atom is -0.383 e. The first-order valence-corrected chi connectivity index (χ1v) is 4.25. The largest absolute Gasteiger partial charge is 0.383 e. The van der Waals surface area contributed by atoms with E-state index in [1.54, 1.807) is 0 Å². The number of nitrogens with one attached hydrogen (secondary N) is 1. The Morgan fingerprint density at radius 3 is 3.27 bits per heavy atom. The first kappa shape index (κ1) is 6.91. The average Bonchev–Trinajstić information content (AvgIpc) is 2.36. The second-order valence-electron chi connectivity index (χ2n) is 2.54. The lowest BCUT2D eigenvalue weighted by Gasteiger charge is -2.01. The summed E-state index contributed by atoms with van der Waals surface area (Å²) >= 11 is 3.33. The second kappa shape index (κ2) is 2.37. The van der Waals surface area contributed by atoms with Gasteiger partial charge >= 0.3 is 0 Å². The van der Waals surface area contributed by atoms with E-state index in [0.717, 1.165) is 23.3 Å². The van der Waals surface area contributed by atoms with Gasteiger partial charge in [0.1, 0.15) is 11.6 Å². The van der Waals surface area contributed by atoms with Crippen molar-refractivity contribution in [3.8, 4) is 0 Å². The molecule has 0 aliphatic carbocycles. The van der Waals surface area contributed by atoms with Crippen molar-refractivity contribution in [1.29, 1.82) is 0 Å². The number of hydrogen-bond acceptors (Lipinski definition) is 3. The number of pyridine rings is 1. The Bertz CT molecular complexity index is 269. The van der Waals surface area contributed by atoms with Gasteiger partial charge in [-0.15, -0.1) is 0 Å². The molecule has 2 rings (SSSR count). The minimum atomic E-state index is 0.554. The standard InChI is InChI=1S/C7H8BrN3/c8-5-3-4-1-2-10-7(4)11-6(5)9/h3H,1-2H2,(H3,9,10,11). The van der Waals surface area contributed by atoms with E-state index in [1.165, 1.54) is 5.56 Å². The van der Waals surface area contributed by atoms with E-state index in [2.05, 4.69) is 26.2 Å². The van der Waals surface area contributed by atoms with Gasteiger partial charge in [0.15, 0.2) is 0 Å². The van der Waals surface area contributed by atoms with Crippen LogP contribution in [0.15, 0.2) is 10.5 Å². The normalized spacial score (nSPS) is 14.3. The molecule has 1 aromatic heterocycles. The fourth-order valence-corrected chi connectivity index (χ4v) is 1.57. The van der Waals surface area contributed by atoms with Crippen molar-refractivity contribution in [2.24, 2.45) is 0 Å². The zero-order valence-electron chi connectivity index (χ0n) is 5.89. The van der Waals surface area contributed by atoms with Gasteiger partial charge in [0, 0.05) is 6.54 Å². The topological polar surface area (TPSA) is 50.9 Å². The number of aromatic nitrogens is 1. The van der Waals surface area contributed by atoms with Gasteiger partial charge in [-0.25, -0.2) is 4.98 Å². The summed E-state index contributed by atoms with van der Waals surface area (Å²) in [5.41, 5.74) is 6.84. The molecule has 0 amide bonds. The first-order chi connectivity index (χ1) is 5.27. The third-order valence-corrected chi connectivity index (χ3v) is 2.40. The molecule has 58 valence electrons. The molecule has 3 nitrogen and oxygen atoms in total. The Labute approximate surface area is 73.1 Å². The quantitative estimate of drug-likeness (QED) is 0.686. The lowest BCUT2D eigenvalue weighted by Crippen LogP contribution is -1.96. The Balaban J connectivity index is 2.57. The number of nitrogens with two attached hydrogens (primary N) is 1. The van der Waals surface area contributed by atoms with Crippen molar-refractivity contribution in [2.75, 3.05) is 17.6 Å². The molecule has 0 radical (unpaired) electrons. The maximum absolute atomic E-state index is 5.59. The molecule has 1 aromatic rings. The van der Waals surface area contributed by atoms with E-state index in [1.807, 2.05) is 6.07 Å². The third kappa shape index (κ3) is 1.07. The van der Waals surface area contributed by atoms with Gasteiger partial charge in [-0.2, -0.15) is 0 Å². The van der Waals surface area contributed by atoms with Crippen LogP contribution in [0, 0.1) is 0 Å². The number of anilines is 2. The van der Waals surface area contributed by atoms with Crippen molar-refractivity contribution >= 4 is 27.6 Å². The van der Waals surface area contributed by atoms with Gasteiger partial charge < -0.3 is 11.1 Å². The predicted molar refractivity (Wildman–Crippen MR) is 48.5 cm³/mol.